The van der Waals surface area contributed by atoms with Gasteiger partial charge in [0.25, 0.3) is 0 Å². The Balaban J connectivity index is 1.39. The van der Waals surface area contributed by atoms with Crippen LogP contribution in [0, 0.1) is 6.92 Å². The molecule has 3 heterocycles. The van der Waals surface area contributed by atoms with Gasteiger partial charge in [-0.2, -0.15) is 5.10 Å². The fourth-order valence-corrected chi connectivity index (χ4v) is 3.47. The van der Waals surface area contributed by atoms with Gasteiger partial charge in [-0.25, -0.2) is 15.0 Å². The smallest absolute Gasteiger partial charge is 0.406 e. The lowest BCUT2D eigenvalue weighted by atomic mass is 10.1. The summed E-state index contributed by atoms with van der Waals surface area (Å²) in [5.74, 6) is 0.749. The molecule has 180 valence electrons. The van der Waals surface area contributed by atoms with Crippen molar-refractivity contribution in [2.45, 2.75) is 13.3 Å². The highest BCUT2D eigenvalue weighted by Crippen LogP contribution is 2.29. The molecule has 0 amide bonds. The molecule has 2 N–H and O–H groups in total. The quantitative estimate of drug-likeness (QED) is 0.304. The Morgan fingerprint density at radius 2 is 1.75 bits per heavy atom. The third-order valence-corrected chi connectivity index (χ3v) is 5.18. The van der Waals surface area contributed by atoms with Crippen molar-refractivity contribution >= 4 is 11.6 Å². The third-order valence-electron chi connectivity index (χ3n) is 5.18. The number of pyridine rings is 1. The van der Waals surface area contributed by atoms with Crippen LogP contribution in [0.15, 0.2) is 79.3 Å². The van der Waals surface area contributed by atoms with E-state index in [1.165, 1.54) is 18.2 Å². The zero-order valence-electron chi connectivity index (χ0n) is 18.8. The first-order chi connectivity index (χ1) is 17.3. The number of aromatic amines is 1. The van der Waals surface area contributed by atoms with Crippen LogP contribution < -0.4 is 10.1 Å². The van der Waals surface area contributed by atoms with E-state index in [2.05, 4.69) is 40.2 Å². The first kappa shape index (κ1) is 23.0. The number of ether oxygens (including phenoxy) is 1. The Bertz CT molecular complexity index is 1500. The molecule has 0 saturated carbocycles. The number of hydrogen-bond acceptors (Lipinski definition) is 7. The number of anilines is 2. The summed E-state index contributed by atoms with van der Waals surface area (Å²) in [5.41, 5.74) is 4.40. The van der Waals surface area contributed by atoms with Crippen LogP contribution in [0.5, 0.6) is 5.75 Å². The highest BCUT2D eigenvalue weighted by Gasteiger charge is 2.31. The van der Waals surface area contributed by atoms with Crippen LogP contribution in [0.25, 0.3) is 34.0 Å². The summed E-state index contributed by atoms with van der Waals surface area (Å²) in [7, 11) is 0. The van der Waals surface area contributed by atoms with E-state index in [1.807, 2.05) is 37.3 Å². The molecule has 0 radical (unpaired) electrons. The van der Waals surface area contributed by atoms with Crippen molar-refractivity contribution < 1.29 is 17.9 Å². The van der Waals surface area contributed by atoms with Gasteiger partial charge in [-0.1, -0.05) is 24.3 Å². The molecule has 0 aliphatic rings. The number of aryl methyl sites for hydroxylation is 1. The second-order valence-electron chi connectivity index (χ2n) is 7.75. The third kappa shape index (κ3) is 5.30. The number of aromatic nitrogens is 6. The number of alkyl halides is 3. The summed E-state index contributed by atoms with van der Waals surface area (Å²) < 4.78 is 41.7. The molecule has 0 fully saturated rings. The van der Waals surface area contributed by atoms with Crippen molar-refractivity contribution in [3.8, 4) is 39.8 Å². The predicted octanol–water partition coefficient (Wildman–Crippen LogP) is 5.94. The summed E-state index contributed by atoms with van der Waals surface area (Å²) in [4.78, 5) is 17.5. The van der Waals surface area contributed by atoms with Gasteiger partial charge in [-0.15, -0.1) is 13.2 Å². The van der Waals surface area contributed by atoms with E-state index in [4.69, 9.17) is 0 Å². The van der Waals surface area contributed by atoms with Crippen LogP contribution >= 0.6 is 0 Å². The SMILES string of the molecule is Cc1ccc(-c2nc(-c3cccc(OC(F)(F)F)c3)n[nH]2)cc1Nc1nccc(-c2cccnc2)n1. The number of rotatable bonds is 6. The normalized spacial score (nSPS) is 11.3. The van der Waals surface area contributed by atoms with Gasteiger partial charge in [-0.3, -0.25) is 10.1 Å². The lowest BCUT2D eigenvalue weighted by molar-refractivity contribution is -0.274. The van der Waals surface area contributed by atoms with Gasteiger partial charge < -0.3 is 10.1 Å². The zero-order valence-corrected chi connectivity index (χ0v) is 18.8. The van der Waals surface area contributed by atoms with Crippen LogP contribution in [0.1, 0.15) is 5.56 Å². The number of H-pyrrole nitrogens is 1. The van der Waals surface area contributed by atoms with Crippen molar-refractivity contribution in [1.82, 2.24) is 30.1 Å². The molecule has 0 unspecified atom stereocenters. The largest absolute Gasteiger partial charge is 0.573 e. The predicted molar refractivity (Wildman–Crippen MR) is 127 cm³/mol. The Kier molecular flexibility index (Phi) is 6.03. The molecular formula is C25H18F3N7O. The topological polar surface area (TPSA) is 102 Å². The monoisotopic (exact) mass is 489 g/mol. The fourth-order valence-electron chi connectivity index (χ4n) is 3.47. The molecule has 0 aliphatic carbocycles. The van der Waals surface area contributed by atoms with Crippen molar-refractivity contribution in [2.75, 3.05) is 5.32 Å². The maximum atomic E-state index is 12.6. The van der Waals surface area contributed by atoms with Crippen molar-refractivity contribution in [1.29, 1.82) is 0 Å². The molecule has 5 rings (SSSR count). The van der Waals surface area contributed by atoms with E-state index < -0.39 is 6.36 Å². The van der Waals surface area contributed by atoms with E-state index in [0.717, 1.165) is 22.5 Å². The molecule has 0 spiro atoms. The van der Waals surface area contributed by atoms with Crippen LogP contribution in [0.4, 0.5) is 24.8 Å². The van der Waals surface area contributed by atoms with E-state index in [0.29, 0.717) is 22.9 Å². The van der Waals surface area contributed by atoms with Crippen LogP contribution in [0.3, 0.4) is 0 Å². The Hall–Kier alpha value is -4.80. The molecule has 0 bridgehead atoms. The number of hydrogen-bond donors (Lipinski definition) is 2. The van der Waals surface area contributed by atoms with E-state index >= 15 is 0 Å². The van der Waals surface area contributed by atoms with Crippen LogP contribution in [-0.2, 0) is 0 Å². The standard InChI is InChI=1S/C25H18F3N7O/c1-15-7-8-17(13-21(15)32-24-30-11-9-20(31-24)18-5-3-10-29-14-18)23-33-22(34-35-23)16-4-2-6-19(12-16)36-25(26,27)28/h2-14H,1H3,(H,30,31,32)(H,33,34,35). The van der Waals surface area contributed by atoms with Gasteiger partial charge in [0, 0.05) is 41.0 Å². The minimum Gasteiger partial charge on any atom is -0.406 e. The average Bonchev–Trinajstić information content (AvgIpc) is 3.36. The van der Waals surface area contributed by atoms with Crippen LogP contribution in [-0.4, -0.2) is 36.5 Å². The summed E-state index contributed by atoms with van der Waals surface area (Å²) in [6.45, 7) is 1.94. The maximum absolute atomic E-state index is 12.6. The molecule has 3 aromatic heterocycles. The number of nitrogens with zero attached hydrogens (tertiary/aromatic N) is 5. The Morgan fingerprint density at radius 3 is 2.56 bits per heavy atom. The summed E-state index contributed by atoms with van der Waals surface area (Å²) >= 11 is 0. The second-order valence-corrected chi connectivity index (χ2v) is 7.75. The van der Waals surface area contributed by atoms with Crippen LogP contribution in [0.2, 0.25) is 0 Å². The molecule has 0 atom stereocenters. The summed E-state index contributed by atoms with van der Waals surface area (Å²) in [5, 5.41) is 10.2. The van der Waals surface area contributed by atoms with Gasteiger partial charge in [0.15, 0.2) is 11.6 Å². The van der Waals surface area contributed by atoms with E-state index in [1.54, 1.807) is 30.7 Å². The number of benzene rings is 2. The van der Waals surface area contributed by atoms with E-state index in [-0.39, 0.29) is 11.6 Å². The van der Waals surface area contributed by atoms with Crippen molar-refractivity contribution in [3.63, 3.8) is 0 Å². The van der Waals surface area contributed by atoms with Gasteiger partial charge in [0.2, 0.25) is 5.95 Å². The second kappa shape index (κ2) is 9.45. The molecule has 5 aromatic rings. The van der Waals surface area contributed by atoms with Gasteiger partial charge >= 0.3 is 6.36 Å². The molecule has 0 saturated heterocycles. The Morgan fingerprint density at radius 1 is 0.889 bits per heavy atom. The fraction of sp³-hybridized carbons (Fsp3) is 0.0800. The summed E-state index contributed by atoms with van der Waals surface area (Å²) in [6.07, 6.45) is 0.302. The molecule has 11 heteroatoms. The van der Waals surface area contributed by atoms with Crippen molar-refractivity contribution in [3.05, 3.63) is 84.8 Å². The number of nitrogens with one attached hydrogen (secondary N) is 2. The average molecular weight is 489 g/mol. The van der Waals surface area contributed by atoms with Gasteiger partial charge in [0.1, 0.15) is 5.75 Å². The maximum Gasteiger partial charge on any atom is 0.573 e. The molecular weight excluding hydrogens is 471 g/mol. The summed E-state index contributed by atoms with van der Waals surface area (Å²) in [6, 6.07) is 16.7. The minimum absolute atomic E-state index is 0.236. The van der Waals surface area contributed by atoms with Gasteiger partial charge in [0.05, 0.1) is 5.69 Å². The minimum atomic E-state index is -4.78. The molecule has 2 aromatic carbocycles. The molecule has 0 aliphatic heterocycles. The number of halogens is 3. The molecule has 36 heavy (non-hydrogen) atoms. The van der Waals surface area contributed by atoms with Crippen molar-refractivity contribution in [2.24, 2.45) is 0 Å². The van der Waals surface area contributed by atoms with Gasteiger partial charge in [-0.05, 0) is 48.9 Å². The lowest BCUT2D eigenvalue weighted by Gasteiger charge is -2.10. The highest BCUT2D eigenvalue weighted by atomic mass is 19.4. The first-order valence-corrected chi connectivity index (χ1v) is 10.7. The first-order valence-electron chi connectivity index (χ1n) is 10.7. The Labute approximate surface area is 203 Å². The highest BCUT2D eigenvalue weighted by molar-refractivity contribution is 5.70. The van der Waals surface area contributed by atoms with E-state index in [9.17, 15) is 13.2 Å². The zero-order chi connectivity index (χ0) is 25.1. The lowest BCUT2D eigenvalue weighted by Crippen LogP contribution is -2.17. The molecule has 8 nitrogen and oxygen atoms in total.